The summed E-state index contributed by atoms with van der Waals surface area (Å²) in [6.45, 7) is 0. The molecular formula is C13H8F3NO. The van der Waals surface area contributed by atoms with E-state index < -0.39 is 23.6 Å². The number of halogens is 3. The van der Waals surface area contributed by atoms with E-state index in [4.69, 9.17) is 0 Å². The fourth-order valence-electron chi connectivity index (χ4n) is 1.52. The summed E-state index contributed by atoms with van der Waals surface area (Å²) in [5.74, 6) is -1.46. The van der Waals surface area contributed by atoms with Gasteiger partial charge in [-0.25, -0.2) is 13.2 Å². The van der Waals surface area contributed by atoms with Gasteiger partial charge in [0, 0.05) is 23.5 Å². The van der Waals surface area contributed by atoms with Crippen LogP contribution in [0.3, 0.4) is 0 Å². The Morgan fingerprint density at radius 3 is 2.33 bits per heavy atom. The van der Waals surface area contributed by atoms with Gasteiger partial charge >= 0.3 is 0 Å². The highest BCUT2D eigenvalue weighted by Crippen LogP contribution is 2.24. The molecule has 1 heterocycles. The quantitative estimate of drug-likeness (QED) is 0.782. The highest BCUT2D eigenvalue weighted by molar-refractivity contribution is 6.08. The van der Waals surface area contributed by atoms with Crippen molar-refractivity contribution in [1.82, 2.24) is 4.98 Å². The third kappa shape index (κ3) is 2.40. The SMILES string of the molecule is O=C(c1ccncc1)c1ccc(F)c(C(F)F)c1. The Morgan fingerprint density at radius 2 is 1.72 bits per heavy atom. The molecule has 0 amide bonds. The second-order valence-corrected chi connectivity index (χ2v) is 3.60. The van der Waals surface area contributed by atoms with E-state index in [0.29, 0.717) is 5.56 Å². The summed E-state index contributed by atoms with van der Waals surface area (Å²) in [4.78, 5) is 15.7. The smallest absolute Gasteiger partial charge is 0.266 e. The van der Waals surface area contributed by atoms with Gasteiger partial charge in [0.25, 0.3) is 6.43 Å². The second kappa shape index (κ2) is 5.00. The van der Waals surface area contributed by atoms with E-state index in [-0.39, 0.29) is 5.56 Å². The Hall–Kier alpha value is -2.17. The number of rotatable bonds is 3. The van der Waals surface area contributed by atoms with Crippen molar-refractivity contribution in [2.45, 2.75) is 6.43 Å². The Balaban J connectivity index is 2.41. The molecule has 0 atom stereocenters. The standard InChI is InChI=1S/C13H8F3NO/c14-11-2-1-9(7-10(11)13(15)16)12(18)8-3-5-17-6-4-8/h1-7,13H. The molecule has 0 N–H and O–H groups in total. The summed E-state index contributed by atoms with van der Waals surface area (Å²) in [6, 6.07) is 5.87. The molecule has 0 saturated carbocycles. The van der Waals surface area contributed by atoms with E-state index in [9.17, 15) is 18.0 Å². The van der Waals surface area contributed by atoms with Gasteiger partial charge in [0.15, 0.2) is 5.78 Å². The highest BCUT2D eigenvalue weighted by Gasteiger charge is 2.17. The topological polar surface area (TPSA) is 30.0 Å². The van der Waals surface area contributed by atoms with Crippen LogP contribution >= 0.6 is 0 Å². The second-order valence-electron chi connectivity index (χ2n) is 3.60. The highest BCUT2D eigenvalue weighted by atomic mass is 19.3. The fraction of sp³-hybridized carbons (Fsp3) is 0.0769. The van der Waals surface area contributed by atoms with Crippen molar-refractivity contribution >= 4 is 5.78 Å². The van der Waals surface area contributed by atoms with Crippen molar-refractivity contribution in [2.75, 3.05) is 0 Å². The van der Waals surface area contributed by atoms with Crippen molar-refractivity contribution in [3.63, 3.8) is 0 Å². The van der Waals surface area contributed by atoms with Crippen LogP contribution in [0.15, 0.2) is 42.7 Å². The summed E-state index contributed by atoms with van der Waals surface area (Å²) in [6.07, 6.45) is -0.106. The van der Waals surface area contributed by atoms with Gasteiger partial charge in [-0.2, -0.15) is 0 Å². The first kappa shape index (κ1) is 12.3. The lowest BCUT2D eigenvalue weighted by atomic mass is 10.0. The first-order valence-corrected chi connectivity index (χ1v) is 5.12. The largest absolute Gasteiger partial charge is 0.289 e. The molecule has 0 radical (unpaired) electrons. The van der Waals surface area contributed by atoms with E-state index in [2.05, 4.69) is 4.98 Å². The molecule has 2 rings (SSSR count). The lowest BCUT2D eigenvalue weighted by Gasteiger charge is -2.05. The third-order valence-corrected chi connectivity index (χ3v) is 2.44. The van der Waals surface area contributed by atoms with Crippen molar-refractivity contribution in [2.24, 2.45) is 0 Å². The number of ketones is 1. The molecule has 2 nitrogen and oxygen atoms in total. The monoisotopic (exact) mass is 251 g/mol. The van der Waals surface area contributed by atoms with E-state index in [1.165, 1.54) is 30.6 Å². The van der Waals surface area contributed by atoms with Crippen LogP contribution in [0.2, 0.25) is 0 Å². The average Bonchev–Trinajstić information content (AvgIpc) is 2.39. The minimum Gasteiger partial charge on any atom is -0.289 e. The van der Waals surface area contributed by atoms with Crippen LogP contribution in [0, 0.1) is 5.82 Å². The molecular weight excluding hydrogens is 243 g/mol. The zero-order valence-corrected chi connectivity index (χ0v) is 9.11. The van der Waals surface area contributed by atoms with Gasteiger partial charge < -0.3 is 0 Å². The molecule has 0 saturated heterocycles. The maximum atomic E-state index is 13.1. The molecule has 1 aromatic heterocycles. The van der Waals surface area contributed by atoms with Gasteiger partial charge in [0.2, 0.25) is 0 Å². The van der Waals surface area contributed by atoms with Crippen LogP contribution in [-0.4, -0.2) is 10.8 Å². The lowest BCUT2D eigenvalue weighted by Crippen LogP contribution is -2.03. The maximum Gasteiger partial charge on any atom is 0.266 e. The van der Waals surface area contributed by atoms with E-state index in [0.717, 1.165) is 12.1 Å². The van der Waals surface area contributed by atoms with Crippen LogP contribution in [0.4, 0.5) is 13.2 Å². The van der Waals surface area contributed by atoms with E-state index >= 15 is 0 Å². The maximum absolute atomic E-state index is 13.1. The van der Waals surface area contributed by atoms with Crippen molar-refractivity contribution in [3.05, 3.63) is 65.2 Å². The minimum absolute atomic E-state index is 0.0258. The zero-order chi connectivity index (χ0) is 13.1. The van der Waals surface area contributed by atoms with Gasteiger partial charge in [-0.05, 0) is 30.3 Å². The van der Waals surface area contributed by atoms with Crippen LogP contribution in [0.1, 0.15) is 27.9 Å². The Kier molecular flexibility index (Phi) is 3.41. The Labute approximate surface area is 101 Å². The number of nitrogens with zero attached hydrogens (tertiary/aromatic N) is 1. The Morgan fingerprint density at radius 1 is 1.06 bits per heavy atom. The summed E-state index contributed by atoms with van der Waals surface area (Å²) in [5, 5.41) is 0. The van der Waals surface area contributed by atoms with Gasteiger partial charge in [-0.1, -0.05) is 0 Å². The number of pyridine rings is 1. The number of carbonyl (C=O) groups is 1. The van der Waals surface area contributed by atoms with Crippen LogP contribution < -0.4 is 0 Å². The summed E-state index contributed by atoms with van der Waals surface area (Å²) in [5.41, 5.74) is -0.426. The Bertz CT molecular complexity index is 570. The number of hydrogen-bond donors (Lipinski definition) is 0. The molecule has 0 fully saturated rings. The molecule has 5 heteroatoms. The van der Waals surface area contributed by atoms with Crippen LogP contribution in [-0.2, 0) is 0 Å². The molecule has 0 aliphatic heterocycles. The number of benzene rings is 1. The van der Waals surface area contributed by atoms with Gasteiger partial charge in [-0.15, -0.1) is 0 Å². The third-order valence-electron chi connectivity index (χ3n) is 2.44. The van der Waals surface area contributed by atoms with Crippen molar-refractivity contribution in [3.8, 4) is 0 Å². The van der Waals surface area contributed by atoms with Crippen molar-refractivity contribution < 1.29 is 18.0 Å². The number of alkyl halides is 2. The first-order valence-electron chi connectivity index (χ1n) is 5.12. The van der Waals surface area contributed by atoms with Gasteiger partial charge in [0.1, 0.15) is 5.82 Å². The molecule has 0 bridgehead atoms. The molecule has 1 aromatic carbocycles. The van der Waals surface area contributed by atoms with E-state index in [1.807, 2.05) is 0 Å². The van der Waals surface area contributed by atoms with Gasteiger partial charge in [0.05, 0.1) is 5.56 Å². The molecule has 92 valence electrons. The molecule has 0 unspecified atom stereocenters. The average molecular weight is 251 g/mol. The number of carbonyl (C=O) groups excluding carboxylic acids is 1. The number of aromatic nitrogens is 1. The molecule has 0 aliphatic carbocycles. The number of hydrogen-bond acceptors (Lipinski definition) is 2. The fourth-order valence-corrected chi connectivity index (χ4v) is 1.52. The predicted octanol–water partition coefficient (Wildman–Crippen LogP) is 3.39. The summed E-state index contributed by atoms with van der Waals surface area (Å²) >= 11 is 0. The van der Waals surface area contributed by atoms with Crippen molar-refractivity contribution in [1.29, 1.82) is 0 Å². The minimum atomic E-state index is -2.95. The van der Waals surface area contributed by atoms with Crippen LogP contribution in [0.25, 0.3) is 0 Å². The van der Waals surface area contributed by atoms with Gasteiger partial charge in [-0.3, -0.25) is 9.78 Å². The predicted molar refractivity (Wildman–Crippen MR) is 59.0 cm³/mol. The van der Waals surface area contributed by atoms with Crippen LogP contribution in [0.5, 0.6) is 0 Å². The first-order chi connectivity index (χ1) is 8.59. The summed E-state index contributed by atoms with van der Waals surface area (Å²) < 4.78 is 38.1. The summed E-state index contributed by atoms with van der Waals surface area (Å²) in [7, 11) is 0. The normalized spacial score (nSPS) is 10.7. The van der Waals surface area contributed by atoms with E-state index in [1.54, 1.807) is 0 Å². The molecule has 18 heavy (non-hydrogen) atoms. The lowest BCUT2D eigenvalue weighted by molar-refractivity contribution is 0.103. The zero-order valence-electron chi connectivity index (χ0n) is 9.11. The molecule has 0 aliphatic rings. The molecule has 0 spiro atoms. The molecule has 2 aromatic rings.